The van der Waals surface area contributed by atoms with Crippen LogP contribution in [0, 0.1) is 0 Å². The van der Waals surface area contributed by atoms with E-state index in [2.05, 4.69) is 20.1 Å². The van der Waals surface area contributed by atoms with Crippen molar-refractivity contribution in [3.8, 4) is 11.6 Å². The van der Waals surface area contributed by atoms with E-state index in [4.69, 9.17) is 4.42 Å². The van der Waals surface area contributed by atoms with Crippen molar-refractivity contribution in [3.05, 3.63) is 48.5 Å². The first-order valence-corrected chi connectivity index (χ1v) is 10.3. The summed E-state index contributed by atoms with van der Waals surface area (Å²) in [6, 6.07) is 11.6. The molecule has 0 radical (unpaired) electrons. The summed E-state index contributed by atoms with van der Waals surface area (Å²) < 4.78 is 32.9. The van der Waals surface area contributed by atoms with Gasteiger partial charge in [0.05, 0.1) is 0 Å². The summed E-state index contributed by atoms with van der Waals surface area (Å²) in [5.74, 6) is 0.809. The molecule has 1 aromatic carbocycles. The zero-order valence-electron chi connectivity index (χ0n) is 15.0. The number of hydrogen-bond acceptors (Lipinski definition) is 6. The SMILES string of the molecule is CCc1nnc(-c2cc(S(=O)(=O)N3CCN(c4ccccc4)CC3)c[nH]2)o1. The van der Waals surface area contributed by atoms with Crippen molar-refractivity contribution < 1.29 is 12.8 Å². The number of rotatable bonds is 5. The number of aromatic amines is 1. The van der Waals surface area contributed by atoms with Crippen molar-refractivity contribution >= 4 is 15.7 Å². The number of nitrogens with one attached hydrogen (secondary N) is 1. The molecule has 1 aliphatic heterocycles. The second kappa shape index (κ2) is 7.16. The van der Waals surface area contributed by atoms with E-state index >= 15 is 0 Å². The van der Waals surface area contributed by atoms with Gasteiger partial charge in [-0.25, -0.2) is 8.42 Å². The van der Waals surface area contributed by atoms with Gasteiger partial charge in [-0.3, -0.25) is 0 Å². The molecule has 0 atom stereocenters. The second-order valence-corrected chi connectivity index (χ2v) is 8.27. The molecular weight excluding hydrogens is 366 g/mol. The van der Waals surface area contributed by atoms with Gasteiger partial charge in [0.2, 0.25) is 15.9 Å². The molecular formula is C18H21N5O3S. The van der Waals surface area contributed by atoms with Crippen LogP contribution >= 0.6 is 0 Å². The highest BCUT2D eigenvalue weighted by molar-refractivity contribution is 7.89. The van der Waals surface area contributed by atoms with E-state index in [0.29, 0.717) is 50.1 Å². The first kappa shape index (κ1) is 17.7. The molecule has 1 N–H and O–H groups in total. The Morgan fingerprint density at radius 1 is 1.11 bits per heavy atom. The Morgan fingerprint density at radius 2 is 1.85 bits per heavy atom. The van der Waals surface area contributed by atoms with Gasteiger partial charge in [-0.1, -0.05) is 25.1 Å². The van der Waals surface area contributed by atoms with Crippen LogP contribution in [-0.4, -0.2) is 54.1 Å². The number of para-hydroxylation sites is 1. The first-order valence-electron chi connectivity index (χ1n) is 8.89. The molecule has 4 rings (SSSR count). The Kier molecular flexibility index (Phi) is 4.71. The minimum atomic E-state index is -3.57. The molecule has 3 heterocycles. The van der Waals surface area contributed by atoms with Gasteiger partial charge in [0.15, 0.2) is 0 Å². The standard InChI is InChI=1S/C18H21N5O3S/c1-2-17-20-21-18(26-17)16-12-15(13-19-16)27(24,25)23-10-8-22(9-11-23)14-6-4-3-5-7-14/h3-7,12-13,19H,2,8-11H2,1H3. The van der Waals surface area contributed by atoms with Crippen LogP contribution < -0.4 is 4.90 Å². The lowest BCUT2D eigenvalue weighted by atomic mass is 10.2. The molecule has 1 aliphatic rings. The summed E-state index contributed by atoms with van der Waals surface area (Å²) in [6.45, 7) is 4.11. The van der Waals surface area contributed by atoms with E-state index in [1.165, 1.54) is 10.5 Å². The summed E-state index contributed by atoms with van der Waals surface area (Å²) in [5.41, 5.74) is 1.62. The third kappa shape index (κ3) is 3.47. The van der Waals surface area contributed by atoms with Crippen molar-refractivity contribution in [2.45, 2.75) is 18.2 Å². The fourth-order valence-electron chi connectivity index (χ4n) is 3.13. The van der Waals surface area contributed by atoms with Gasteiger partial charge in [0.25, 0.3) is 5.89 Å². The molecule has 0 aliphatic carbocycles. The maximum absolute atomic E-state index is 13.0. The molecule has 27 heavy (non-hydrogen) atoms. The molecule has 9 heteroatoms. The van der Waals surface area contributed by atoms with Crippen LogP contribution in [-0.2, 0) is 16.4 Å². The van der Waals surface area contributed by atoms with Crippen LogP contribution in [0.1, 0.15) is 12.8 Å². The molecule has 0 spiro atoms. The molecule has 142 valence electrons. The Morgan fingerprint density at radius 3 is 2.52 bits per heavy atom. The fourth-order valence-corrected chi connectivity index (χ4v) is 4.54. The van der Waals surface area contributed by atoms with Gasteiger partial charge in [0, 0.05) is 44.5 Å². The average Bonchev–Trinajstić information content (AvgIpc) is 3.38. The quantitative estimate of drug-likeness (QED) is 0.721. The number of hydrogen-bond donors (Lipinski definition) is 1. The monoisotopic (exact) mass is 387 g/mol. The predicted octanol–water partition coefficient (Wildman–Crippen LogP) is 2.14. The molecule has 0 amide bonds. The molecule has 2 aromatic heterocycles. The third-order valence-electron chi connectivity index (χ3n) is 4.65. The topological polar surface area (TPSA) is 95.3 Å². The Balaban J connectivity index is 1.48. The Labute approximate surface area is 157 Å². The number of H-pyrrole nitrogens is 1. The Bertz CT molecular complexity index is 1000. The predicted molar refractivity (Wildman–Crippen MR) is 101 cm³/mol. The van der Waals surface area contributed by atoms with E-state index in [-0.39, 0.29) is 4.90 Å². The number of anilines is 1. The summed E-state index contributed by atoms with van der Waals surface area (Å²) >= 11 is 0. The smallest absolute Gasteiger partial charge is 0.264 e. The van der Waals surface area contributed by atoms with E-state index in [0.717, 1.165) is 5.69 Å². The van der Waals surface area contributed by atoms with Crippen LogP contribution in [0.15, 0.2) is 51.9 Å². The van der Waals surface area contributed by atoms with Gasteiger partial charge < -0.3 is 14.3 Å². The number of nitrogens with zero attached hydrogens (tertiary/aromatic N) is 4. The van der Waals surface area contributed by atoms with E-state index in [1.807, 2.05) is 37.3 Å². The van der Waals surface area contributed by atoms with Crippen molar-refractivity contribution in [3.63, 3.8) is 0 Å². The minimum Gasteiger partial charge on any atom is -0.419 e. The lowest BCUT2D eigenvalue weighted by molar-refractivity contribution is 0.385. The van der Waals surface area contributed by atoms with Crippen LogP contribution in [0.4, 0.5) is 5.69 Å². The van der Waals surface area contributed by atoms with Crippen molar-refractivity contribution in [1.82, 2.24) is 19.5 Å². The second-order valence-electron chi connectivity index (χ2n) is 6.33. The normalized spacial score (nSPS) is 16.0. The first-order chi connectivity index (χ1) is 13.1. The maximum atomic E-state index is 13.0. The summed E-state index contributed by atoms with van der Waals surface area (Å²) in [7, 11) is -3.57. The summed E-state index contributed by atoms with van der Waals surface area (Å²) in [6.07, 6.45) is 2.11. The minimum absolute atomic E-state index is 0.210. The number of piperazine rings is 1. The van der Waals surface area contributed by atoms with E-state index in [9.17, 15) is 8.42 Å². The van der Waals surface area contributed by atoms with Crippen LogP contribution in [0.3, 0.4) is 0 Å². The molecule has 1 fully saturated rings. The Hall–Kier alpha value is -2.65. The number of aromatic nitrogens is 3. The molecule has 0 bridgehead atoms. The largest absolute Gasteiger partial charge is 0.419 e. The van der Waals surface area contributed by atoms with Crippen LogP contribution in [0.5, 0.6) is 0 Å². The molecule has 0 saturated carbocycles. The number of sulfonamides is 1. The van der Waals surface area contributed by atoms with Crippen LogP contribution in [0.2, 0.25) is 0 Å². The summed E-state index contributed by atoms with van der Waals surface area (Å²) in [5, 5.41) is 7.85. The molecule has 0 unspecified atom stereocenters. The fraction of sp³-hybridized carbons (Fsp3) is 0.333. The van der Waals surface area contributed by atoms with Crippen molar-refractivity contribution in [2.75, 3.05) is 31.1 Å². The highest BCUT2D eigenvalue weighted by Gasteiger charge is 2.29. The van der Waals surface area contributed by atoms with Crippen LogP contribution in [0.25, 0.3) is 11.6 Å². The molecule has 1 saturated heterocycles. The van der Waals surface area contributed by atoms with Gasteiger partial charge >= 0.3 is 0 Å². The van der Waals surface area contributed by atoms with Crippen molar-refractivity contribution in [1.29, 1.82) is 0 Å². The van der Waals surface area contributed by atoms with Gasteiger partial charge in [0.1, 0.15) is 10.6 Å². The zero-order chi connectivity index (χ0) is 18.9. The highest BCUT2D eigenvalue weighted by Crippen LogP contribution is 2.25. The van der Waals surface area contributed by atoms with E-state index in [1.54, 1.807) is 6.07 Å². The van der Waals surface area contributed by atoms with Crippen molar-refractivity contribution in [2.24, 2.45) is 0 Å². The van der Waals surface area contributed by atoms with Gasteiger partial charge in [-0.2, -0.15) is 4.31 Å². The lowest BCUT2D eigenvalue weighted by Crippen LogP contribution is -2.48. The molecule has 3 aromatic rings. The number of benzene rings is 1. The van der Waals surface area contributed by atoms with E-state index < -0.39 is 10.0 Å². The summed E-state index contributed by atoms with van der Waals surface area (Å²) in [4.78, 5) is 5.33. The lowest BCUT2D eigenvalue weighted by Gasteiger charge is -2.35. The average molecular weight is 387 g/mol. The third-order valence-corrected chi connectivity index (χ3v) is 6.53. The highest BCUT2D eigenvalue weighted by atomic mass is 32.2. The van der Waals surface area contributed by atoms with Gasteiger partial charge in [-0.15, -0.1) is 10.2 Å². The zero-order valence-corrected chi connectivity index (χ0v) is 15.8. The van der Waals surface area contributed by atoms with Gasteiger partial charge in [-0.05, 0) is 18.2 Å². The molecule has 8 nitrogen and oxygen atoms in total. The number of aryl methyl sites for hydroxylation is 1. The maximum Gasteiger partial charge on any atom is 0.264 e.